The van der Waals surface area contributed by atoms with E-state index in [4.69, 9.17) is 11.6 Å². The lowest BCUT2D eigenvalue weighted by molar-refractivity contribution is 0.866. The molecule has 0 aliphatic rings. The molecule has 0 aliphatic carbocycles. The van der Waals surface area contributed by atoms with Gasteiger partial charge in [0.05, 0.1) is 0 Å². The minimum Gasteiger partial charge on any atom is -0.372 e. The highest BCUT2D eigenvalue weighted by molar-refractivity contribution is 6.32. The number of nitrogens with zero attached hydrogens (tertiary/aromatic N) is 1. The predicted molar refractivity (Wildman–Crippen MR) is 67.3 cm³/mol. The van der Waals surface area contributed by atoms with E-state index in [1.54, 1.807) is 0 Å². The Bertz CT molecular complexity index is 297. The summed E-state index contributed by atoms with van der Waals surface area (Å²) >= 11 is 6.16. The first-order chi connectivity index (χ1) is 6.72. The van der Waals surface area contributed by atoms with Gasteiger partial charge in [-0.05, 0) is 31.5 Å². The molecule has 0 aromatic heterocycles. The molecule has 0 heterocycles. The molecule has 3 heteroatoms. The highest BCUT2D eigenvalue weighted by Crippen LogP contribution is 2.23. The Kier molecular flexibility index (Phi) is 4.34. The topological polar surface area (TPSA) is 3.24 Å². The molecule has 0 saturated carbocycles. The van der Waals surface area contributed by atoms with Crippen LogP contribution in [0.4, 0.5) is 5.69 Å². The Labute approximate surface area is 92.5 Å². The van der Waals surface area contributed by atoms with E-state index in [-0.39, 0.29) is 0 Å². The van der Waals surface area contributed by atoms with Gasteiger partial charge in [0.1, 0.15) is 7.85 Å². The largest absolute Gasteiger partial charge is 0.372 e. The van der Waals surface area contributed by atoms with Crippen molar-refractivity contribution in [3.63, 3.8) is 0 Å². The number of benzene rings is 1. The maximum absolute atomic E-state index is 6.16. The van der Waals surface area contributed by atoms with Crippen LogP contribution >= 0.6 is 11.6 Å². The van der Waals surface area contributed by atoms with E-state index in [1.165, 1.54) is 11.3 Å². The third kappa shape index (κ3) is 2.45. The molecule has 0 fully saturated rings. The molecule has 14 heavy (non-hydrogen) atoms. The number of hydrogen-bond donors (Lipinski definition) is 0. The number of halogens is 1. The SMILES string of the molecule is BCc1ccc(N(CC)CC)cc1Cl. The van der Waals surface area contributed by atoms with Crippen molar-refractivity contribution in [2.24, 2.45) is 0 Å². The molecule has 1 aromatic rings. The van der Waals surface area contributed by atoms with Crippen molar-refractivity contribution in [2.45, 2.75) is 20.2 Å². The summed E-state index contributed by atoms with van der Waals surface area (Å²) in [6.45, 7) is 6.37. The molecule has 0 aliphatic heterocycles. The zero-order valence-electron chi connectivity index (χ0n) is 9.18. The lowest BCUT2D eigenvalue weighted by Gasteiger charge is -2.21. The molecule has 1 rings (SSSR count). The first-order valence-corrected chi connectivity index (χ1v) is 5.64. The molecule has 1 aromatic carbocycles. The molecule has 0 amide bonds. The van der Waals surface area contributed by atoms with Gasteiger partial charge in [0.25, 0.3) is 0 Å². The monoisotopic (exact) mass is 209 g/mol. The summed E-state index contributed by atoms with van der Waals surface area (Å²) in [6, 6.07) is 6.33. The third-order valence-electron chi connectivity index (χ3n) is 2.55. The Morgan fingerprint density at radius 1 is 1.29 bits per heavy atom. The fourth-order valence-corrected chi connectivity index (χ4v) is 1.92. The van der Waals surface area contributed by atoms with Gasteiger partial charge in [0.2, 0.25) is 0 Å². The van der Waals surface area contributed by atoms with Crippen LogP contribution in [-0.4, -0.2) is 20.9 Å². The lowest BCUT2D eigenvalue weighted by Crippen LogP contribution is -2.21. The van der Waals surface area contributed by atoms with Crippen molar-refractivity contribution in [3.8, 4) is 0 Å². The Morgan fingerprint density at radius 3 is 2.36 bits per heavy atom. The van der Waals surface area contributed by atoms with Gasteiger partial charge < -0.3 is 4.90 Å². The van der Waals surface area contributed by atoms with Gasteiger partial charge in [-0.1, -0.05) is 24.0 Å². The molecule has 0 saturated heterocycles. The maximum atomic E-state index is 6.16. The molecule has 0 unspecified atom stereocenters. The van der Waals surface area contributed by atoms with E-state index in [9.17, 15) is 0 Å². The van der Waals surface area contributed by atoms with Crippen LogP contribution in [0.5, 0.6) is 0 Å². The molecular formula is C11H17BClN. The van der Waals surface area contributed by atoms with Gasteiger partial charge in [-0.3, -0.25) is 0 Å². The van der Waals surface area contributed by atoms with Crippen LogP contribution in [0.3, 0.4) is 0 Å². The van der Waals surface area contributed by atoms with Crippen molar-refractivity contribution < 1.29 is 0 Å². The summed E-state index contributed by atoms with van der Waals surface area (Å²) in [4.78, 5) is 2.30. The van der Waals surface area contributed by atoms with Crippen LogP contribution in [-0.2, 0) is 6.32 Å². The quantitative estimate of drug-likeness (QED) is 0.688. The zero-order chi connectivity index (χ0) is 10.6. The molecule has 76 valence electrons. The third-order valence-corrected chi connectivity index (χ3v) is 2.90. The number of hydrogen-bond acceptors (Lipinski definition) is 1. The highest BCUT2D eigenvalue weighted by atomic mass is 35.5. The van der Waals surface area contributed by atoms with E-state index in [2.05, 4.69) is 44.8 Å². The molecule has 0 atom stereocenters. The summed E-state index contributed by atoms with van der Waals surface area (Å²) in [5.74, 6) is 0. The second kappa shape index (κ2) is 5.30. The number of rotatable bonds is 4. The van der Waals surface area contributed by atoms with Crippen LogP contribution in [0.1, 0.15) is 19.4 Å². The molecule has 0 spiro atoms. The van der Waals surface area contributed by atoms with E-state index in [0.717, 1.165) is 24.4 Å². The average Bonchev–Trinajstić information content (AvgIpc) is 2.20. The fraction of sp³-hybridized carbons (Fsp3) is 0.455. The van der Waals surface area contributed by atoms with Gasteiger partial charge in [0, 0.05) is 23.8 Å². The summed E-state index contributed by atoms with van der Waals surface area (Å²) in [5, 5.41) is 0.886. The Balaban J connectivity index is 2.95. The van der Waals surface area contributed by atoms with Crippen LogP contribution in [0.2, 0.25) is 5.02 Å². The molecule has 0 bridgehead atoms. The summed E-state index contributed by atoms with van der Waals surface area (Å²) in [7, 11) is 2.12. The normalized spacial score (nSPS) is 10.2. The minimum atomic E-state index is 0.886. The average molecular weight is 210 g/mol. The predicted octanol–water partition coefficient (Wildman–Crippen LogP) is 2.32. The standard InChI is InChI=1S/C11H17BClN/c1-3-14(4-2)10-6-5-9(8-12)11(13)7-10/h5-7H,3-4,8,12H2,1-2H3. The van der Waals surface area contributed by atoms with Crippen LogP contribution in [0.25, 0.3) is 0 Å². The number of anilines is 1. The van der Waals surface area contributed by atoms with Crippen LogP contribution in [0, 0.1) is 0 Å². The smallest absolute Gasteiger partial charge is 0.107 e. The second-order valence-electron chi connectivity index (χ2n) is 3.30. The summed E-state index contributed by atoms with van der Waals surface area (Å²) < 4.78 is 0. The van der Waals surface area contributed by atoms with Crippen molar-refractivity contribution in [1.29, 1.82) is 0 Å². The van der Waals surface area contributed by atoms with Gasteiger partial charge in [-0.25, -0.2) is 0 Å². The van der Waals surface area contributed by atoms with Crippen molar-refractivity contribution >= 4 is 25.1 Å². The van der Waals surface area contributed by atoms with Crippen LogP contribution < -0.4 is 4.90 Å². The van der Waals surface area contributed by atoms with Crippen molar-refractivity contribution in [2.75, 3.05) is 18.0 Å². The summed E-state index contributed by atoms with van der Waals surface area (Å²) in [6.07, 6.45) is 0.997. The van der Waals surface area contributed by atoms with E-state index < -0.39 is 0 Å². The van der Waals surface area contributed by atoms with Crippen molar-refractivity contribution in [3.05, 3.63) is 28.8 Å². The van der Waals surface area contributed by atoms with Gasteiger partial charge >= 0.3 is 0 Å². The van der Waals surface area contributed by atoms with Gasteiger partial charge in [-0.15, -0.1) is 0 Å². The van der Waals surface area contributed by atoms with Crippen LogP contribution in [0.15, 0.2) is 18.2 Å². The Hall–Kier alpha value is -0.625. The molecule has 0 N–H and O–H groups in total. The lowest BCUT2D eigenvalue weighted by atomic mass is 9.97. The first-order valence-electron chi connectivity index (χ1n) is 5.26. The fourth-order valence-electron chi connectivity index (χ4n) is 1.61. The summed E-state index contributed by atoms with van der Waals surface area (Å²) in [5.41, 5.74) is 2.44. The highest BCUT2D eigenvalue weighted by Gasteiger charge is 2.04. The van der Waals surface area contributed by atoms with Gasteiger partial charge in [-0.2, -0.15) is 0 Å². The second-order valence-corrected chi connectivity index (χ2v) is 3.71. The van der Waals surface area contributed by atoms with Gasteiger partial charge in [0.15, 0.2) is 0 Å². The maximum Gasteiger partial charge on any atom is 0.107 e. The Morgan fingerprint density at radius 2 is 1.93 bits per heavy atom. The minimum absolute atomic E-state index is 0.886. The van der Waals surface area contributed by atoms with E-state index in [1.807, 2.05) is 0 Å². The molecular weight excluding hydrogens is 192 g/mol. The zero-order valence-corrected chi connectivity index (χ0v) is 9.93. The molecule has 1 nitrogen and oxygen atoms in total. The van der Waals surface area contributed by atoms with E-state index >= 15 is 0 Å². The molecule has 0 radical (unpaired) electrons. The van der Waals surface area contributed by atoms with Crippen molar-refractivity contribution in [1.82, 2.24) is 0 Å². The first kappa shape index (κ1) is 11.4. The van der Waals surface area contributed by atoms with E-state index in [0.29, 0.717) is 0 Å².